The molecule has 0 spiro atoms. The van der Waals surface area contributed by atoms with Crippen LogP contribution in [0.3, 0.4) is 0 Å². The van der Waals surface area contributed by atoms with Crippen LogP contribution in [0.2, 0.25) is 0 Å². The SMILES string of the molecule is O=C(CCl)Nc1c(C(=O)NCC(O)CO)cccc1C(=O)NCC(O)CO. The van der Waals surface area contributed by atoms with Gasteiger partial charge in [-0.15, -0.1) is 11.6 Å². The molecule has 0 heterocycles. The number of alkyl halides is 1. The minimum absolute atomic E-state index is 0.0611. The van der Waals surface area contributed by atoms with Crippen molar-refractivity contribution in [2.75, 3.05) is 37.5 Å². The van der Waals surface area contributed by atoms with E-state index < -0.39 is 49.0 Å². The number of para-hydroxylation sites is 1. The zero-order chi connectivity index (χ0) is 20.4. The number of halogens is 1. The molecule has 2 atom stereocenters. The fourth-order valence-electron chi connectivity index (χ4n) is 1.98. The Morgan fingerprint density at radius 3 is 1.74 bits per heavy atom. The number of benzene rings is 1. The molecule has 0 aliphatic heterocycles. The van der Waals surface area contributed by atoms with Crippen LogP contribution in [0.4, 0.5) is 5.69 Å². The minimum Gasteiger partial charge on any atom is -0.394 e. The van der Waals surface area contributed by atoms with E-state index in [1.807, 2.05) is 0 Å². The standard InChI is InChI=1S/C16H22ClN3O7/c17-4-13(25)20-14-11(15(26)18-5-9(23)7-21)2-1-3-12(14)16(27)19-6-10(24)8-22/h1-3,9-10,21-24H,4-8H2,(H,18,26)(H,19,27)(H,20,25). The molecule has 7 N–H and O–H groups in total. The van der Waals surface area contributed by atoms with Gasteiger partial charge in [0.05, 0.1) is 42.2 Å². The maximum Gasteiger partial charge on any atom is 0.253 e. The number of amides is 3. The van der Waals surface area contributed by atoms with Gasteiger partial charge in [0.2, 0.25) is 5.91 Å². The van der Waals surface area contributed by atoms with Gasteiger partial charge in [-0.05, 0) is 12.1 Å². The number of aliphatic hydroxyl groups excluding tert-OH is 4. The summed E-state index contributed by atoms with van der Waals surface area (Å²) < 4.78 is 0. The molecule has 2 unspecified atom stereocenters. The fourth-order valence-corrected chi connectivity index (χ4v) is 2.05. The number of rotatable bonds is 10. The van der Waals surface area contributed by atoms with E-state index in [4.69, 9.17) is 21.8 Å². The maximum atomic E-state index is 12.4. The van der Waals surface area contributed by atoms with E-state index in [2.05, 4.69) is 16.0 Å². The molecule has 0 saturated carbocycles. The van der Waals surface area contributed by atoms with E-state index in [1.165, 1.54) is 18.2 Å². The summed E-state index contributed by atoms with van der Waals surface area (Å²) in [6.07, 6.45) is -2.33. The lowest BCUT2D eigenvalue weighted by atomic mass is 10.0. The van der Waals surface area contributed by atoms with Crippen LogP contribution in [-0.2, 0) is 4.79 Å². The summed E-state index contributed by atoms with van der Waals surface area (Å²) in [5.41, 5.74) is -0.224. The normalized spacial score (nSPS) is 12.8. The number of aliphatic hydroxyl groups is 4. The van der Waals surface area contributed by atoms with Crippen LogP contribution in [-0.4, -0.2) is 82.5 Å². The molecule has 1 aromatic rings. The zero-order valence-corrected chi connectivity index (χ0v) is 15.1. The summed E-state index contributed by atoms with van der Waals surface area (Å²) in [6.45, 7) is -1.58. The van der Waals surface area contributed by atoms with Crippen molar-refractivity contribution in [2.45, 2.75) is 12.2 Å². The van der Waals surface area contributed by atoms with Gasteiger partial charge in [-0.25, -0.2) is 0 Å². The van der Waals surface area contributed by atoms with Gasteiger partial charge in [0.15, 0.2) is 0 Å². The molecule has 0 bridgehead atoms. The van der Waals surface area contributed by atoms with Crippen LogP contribution >= 0.6 is 11.6 Å². The quantitative estimate of drug-likeness (QED) is 0.222. The topological polar surface area (TPSA) is 168 Å². The lowest BCUT2D eigenvalue weighted by molar-refractivity contribution is -0.113. The molecule has 1 aromatic carbocycles. The zero-order valence-electron chi connectivity index (χ0n) is 14.3. The summed E-state index contributed by atoms with van der Waals surface area (Å²) in [5.74, 6) is -2.46. The first-order valence-corrected chi connectivity index (χ1v) is 8.50. The van der Waals surface area contributed by atoms with Crippen molar-refractivity contribution in [2.24, 2.45) is 0 Å². The minimum atomic E-state index is -1.17. The molecule has 27 heavy (non-hydrogen) atoms. The van der Waals surface area contributed by atoms with E-state index in [1.54, 1.807) is 0 Å². The van der Waals surface area contributed by atoms with Gasteiger partial charge in [-0.2, -0.15) is 0 Å². The Balaban J connectivity index is 3.13. The number of hydrogen-bond donors (Lipinski definition) is 7. The Morgan fingerprint density at radius 2 is 1.37 bits per heavy atom. The molecule has 0 aliphatic rings. The fraction of sp³-hybridized carbons (Fsp3) is 0.438. The van der Waals surface area contributed by atoms with E-state index in [0.29, 0.717) is 0 Å². The molecule has 0 aliphatic carbocycles. The molecule has 11 heteroatoms. The summed E-state index contributed by atoms with van der Waals surface area (Å²) in [4.78, 5) is 36.4. The smallest absolute Gasteiger partial charge is 0.253 e. The van der Waals surface area contributed by atoms with Crippen LogP contribution < -0.4 is 16.0 Å². The maximum absolute atomic E-state index is 12.4. The van der Waals surface area contributed by atoms with Crippen LogP contribution in [0, 0.1) is 0 Å². The molecule has 0 aromatic heterocycles. The highest BCUT2D eigenvalue weighted by atomic mass is 35.5. The Labute approximate surface area is 160 Å². The summed E-state index contributed by atoms with van der Waals surface area (Å²) in [6, 6.07) is 4.11. The molecule has 10 nitrogen and oxygen atoms in total. The average molecular weight is 404 g/mol. The van der Waals surface area contributed by atoms with E-state index in [9.17, 15) is 24.6 Å². The second kappa shape index (κ2) is 11.5. The first-order chi connectivity index (χ1) is 12.8. The van der Waals surface area contributed by atoms with Crippen LogP contribution in [0.1, 0.15) is 20.7 Å². The Morgan fingerprint density at radius 1 is 0.926 bits per heavy atom. The van der Waals surface area contributed by atoms with Crippen molar-refractivity contribution >= 4 is 35.0 Å². The number of anilines is 1. The number of carbonyl (C=O) groups is 3. The van der Waals surface area contributed by atoms with Crippen LogP contribution in [0.25, 0.3) is 0 Å². The van der Waals surface area contributed by atoms with Gasteiger partial charge < -0.3 is 36.4 Å². The highest BCUT2D eigenvalue weighted by Crippen LogP contribution is 2.22. The third kappa shape index (κ3) is 7.12. The largest absolute Gasteiger partial charge is 0.394 e. The summed E-state index contributed by atoms with van der Waals surface area (Å²) >= 11 is 5.47. The van der Waals surface area contributed by atoms with Crippen molar-refractivity contribution in [3.05, 3.63) is 29.3 Å². The third-order valence-electron chi connectivity index (χ3n) is 3.36. The number of carbonyl (C=O) groups excluding carboxylic acids is 3. The third-order valence-corrected chi connectivity index (χ3v) is 3.60. The second-order valence-electron chi connectivity index (χ2n) is 5.50. The van der Waals surface area contributed by atoms with Gasteiger partial charge >= 0.3 is 0 Å². The van der Waals surface area contributed by atoms with Crippen molar-refractivity contribution in [1.82, 2.24) is 10.6 Å². The van der Waals surface area contributed by atoms with E-state index >= 15 is 0 Å². The van der Waals surface area contributed by atoms with E-state index in [-0.39, 0.29) is 29.9 Å². The Bertz CT molecular complexity index is 627. The molecule has 0 radical (unpaired) electrons. The van der Waals surface area contributed by atoms with Crippen molar-refractivity contribution in [3.63, 3.8) is 0 Å². The Hall–Kier alpha value is -2.24. The number of nitrogens with one attached hydrogen (secondary N) is 3. The molecule has 3 amide bonds. The van der Waals surface area contributed by atoms with Gasteiger partial charge in [0, 0.05) is 13.1 Å². The van der Waals surface area contributed by atoms with Gasteiger partial charge in [0.25, 0.3) is 11.8 Å². The van der Waals surface area contributed by atoms with Crippen LogP contribution in [0.15, 0.2) is 18.2 Å². The highest BCUT2D eigenvalue weighted by molar-refractivity contribution is 6.29. The molecule has 150 valence electrons. The van der Waals surface area contributed by atoms with Gasteiger partial charge in [-0.1, -0.05) is 6.07 Å². The summed E-state index contributed by atoms with van der Waals surface area (Å²) in [7, 11) is 0. The van der Waals surface area contributed by atoms with Crippen molar-refractivity contribution in [1.29, 1.82) is 0 Å². The predicted octanol–water partition coefficient (Wildman–Crippen LogP) is -1.97. The molecule has 0 saturated heterocycles. The van der Waals surface area contributed by atoms with E-state index in [0.717, 1.165) is 0 Å². The lowest BCUT2D eigenvalue weighted by Crippen LogP contribution is -2.36. The highest BCUT2D eigenvalue weighted by Gasteiger charge is 2.21. The van der Waals surface area contributed by atoms with Crippen molar-refractivity contribution < 1.29 is 34.8 Å². The monoisotopic (exact) mass is 403 g/mol. The first-order valence-electron chi connectivity index (χ1n) is 7.97. The second-order valence-corrected chi connectivity index (χ2v) is 5.77. The molecule has 0 fully saturated rings. The van der Waals surface area contributed by atoms with Gasteiger partial charge in [0.1, 0.15) is 5.88 Å². The summed E-state index contributed by atoms with van der Waals surface area (Å²) in [5, 5.41) is 43.4. The molecular weight excluding hydrogens is 382 g/mol. The lowest BCUT2D eigenvalue weighted by Gasteiger charge is -2.16. The van der Waals surface area contributed by atoms with Crippen LogP contribution in [0.5, 0.6) is 0 Å². The molecular formula is C16H22ClN3O7. The number of hydrogen-bond acceptors (Lipinski definition) is 7. The molecule has 1 rings (SSSR count). The first kappa shape index (κ1) is 22.8. The van der Waals surface area contributed by atoms with Gasteiger partial charge in [-0.3, -0.25) is 14.4 Å². The van der Waals surface area contributed by atoms with Crippen molar-refractivity contribution in [3.8, 4) is 0 Å². The predicted molar refractivity (Wildman–Crippen MR) is 96.6 cm³/mol. The Kier molecular flexibility index (Phi) is 9.68. The average Bonchev–Trinajstić information content (AvgIpc) is 2.69.